The highest BCUT2D eigenvalue weighted by Gasteiger charge is 2.30. The molecule has 0 saturated carbocycles. The Labute approximate surface area is 422 Å². The minimum absolute atomic E-state index is 0.0985. The van der Waals surface area contributed by atoms with E-state index < -0.39 is 97.5 Å². The van der Waals surface area contributed by atoms with Gasteiger partial charge in [-0.05, 0) is 31.6 Å². The monoisotopic (exact) mass is 1040 g/mol. The molecule has 3 N–H and O–H groups in total. The highest BCUT2D eigenvalue weighted by Crippen LogP contribution is 2.45. The molecule has 0 heterocycles. The van der Waals surface area contributed by atoms with Crippen molar-refractivity contribution >= 4 is 39.5 Å². The van der Waals surface area contributed by atoms with Gasteiger partial charge in [-0.3, -0.25) is 37.3 Å². The Bertz CT molecular complexity index is 1400. The summed E-state index contributed by atoms with van der Waals surface area (Å²) >= 11 is 0. The van der Waals surface area contributed by atoms with Crippen molar-refractivity contribution in [3.63, 3.8) is 0 Å². The molecule has 19 heteroatoms. The molecule has 0 spiro atoms. The topological polar surface area (TPSA) is 237 Å². The predicted molar refractivity (Wildman–Crippen MR) is 271 cm³/mol. The van der Waals surface area contributed by atoms with Crippen molar-refractivity contribution in [1.29, 1.82) is 0 Å². The fraction of sp³-hybridized carbons (Fsp3) is 0.922. The van der Waals surface area contributed by atoms with E-state index >= 15 is 0 Å². The molecule has 0 aromatic heterocycles. The van der Waals surface area contributed by atoms with Gasteiger partial charge in [0.1, 0.15) is 19.3 Å². The van der Waals surface area contributed by atoms with Crippen molar-refractivity contribution in [3.8, 4) is 0 Å². The van der Waals surface area contributed by atoms with Gasteiger partial charge in [0.25, 0.3) is 0 Å². The number of esters is 4. The summed E-state index contributed by atoms with van der Waals surface area (Å²) in [6.45, 7) is 6.83. The summed E-state index contributed by atoms with van der Waals surface area (Å²) in [5.41, 5.74) is 0. The van der Waals surface area contributed by atoms with Gasteiger partial charge in [-0.15, -0.1) is 0 Å². The number of unbranched alkanes of at least 4 members (excludes halogenated alkanes) is 23. The first kappa shape index (κ1) is 68.1. The van der Waals surface area contributed by atoms with Gasteiger partial charge in [0.05, 0.1) is 26.4 Å². The molecule has 414 valence electrons. The van der Waals surface area contributed by atoms with Gasteiger partial charge in [-0.1, -0.05) is 189 Å². The Balaban J connectivity index is 5.04. The van der Waals surface area contributed by atoms with Crippen molar-refractivity contribution in [2.24, 2.45) is 5.92 Å². The van der Waals surface area contributed by atoms with E-state index in [0.717, 1.165) is 109 Å². The van der Waals surface area contributed by atoms with E-state index in [1.54, 1.807) is 0 Å². The molecule has 70 heavy (non-hydrogen) atoms. The average molecular weight is 1050 g/mol. The summed E-state index contributed by atoms with van der Waals surface area (Å²) in [5.74, 6) is -1.41. The van der Waals surface area contributed by atoms with E-state index in [0.29, 0.717) is 25.7 Å². The van der Waals surface area contributed by atoms with Crippen molar-refractivity contribution < 1.29 is 80.2 Å². The van der Waals surface area contributed by atoms with Crippen LogP contribution < -0.4 is 0 Å². The van der Waals surface area contributed by atoms with Crippen LogP contribution in [0.3, 0.4) is 0 Å². The van der Waals surface area contributed by atoms with E-state index in [-0.39, 0.29) is 25.7 Å². The number of aliphatic hydroxyl groups is 1. The SMILES string of the molecule is CCCCCCCC(=O)OC[C@H](COP(=O)(O)OC[C@H](O)COP(=O)(O)OC[C@@H](COC(=O)CCCCCCC)OC(=O)CCCCCCCCCCCCCCC(C)C)OC(=O)CCCCCCC. The number of hydrogen-bond donors (Lipinski definition) is 3. The summed E-state index contributed by atoms with van der Waals surface area (Å²) in [4.78, 5) is 70.8. The molecule has 0 bridgehead atoms. The second-order valence-corrected chi connectivity index (χ2v) is 21.9. The van der Waals surface area contributed by atoms with Gasteiger partial charge in [0, 0.05) is 25.7 Å². The lowest BCUT2D eigenvalue weighted by Crippen LogP contribution is -2.30. The minimum atomic E-state index is -4.92. The van der Waals surface area contributed by atoms with Crippen LogP contribution >= 0.6 is 15.6 Å². The third-order valence-corrected chi connectivity index (χ3v) is 13.4. The molecule has 0 rings (SSSR count). The fourth-order valence-corrected chi connectivity index (χ4v) is 8.86. The maximum atomic E-state index is 12.8. The molecule has 0 aliphatic heterocycles. The molecule has 5 atom stereocenters. The molecule has 0 aromatic rings. The molecule has 2 unspecified atom stereocenters. The average Bonchev–Trinajstić information content (AvgIpc) is 3.31. The maximum absolute atomic E-state index is 12.8. The Hall–Kier alpha value is -1.94. The van der Waals surface area contributed by atoms with Gasteiger partial charge >= 0.3 is 39.5 Å². The minimum Gasteiger partial charge on any atom is -0.462 e. The van der Waals surface area contributed by atoms with Crippen molar-refractivity contribution in [2.75, 3.05) is 39.6 Å². The Kier molecular flexibility index (Phi) is 44.4. The summed E-state index contributed by atoms with van der Waals surface area (Å²) < 4.78 is 66.8. The quantitative estimate of drug-likeness (QED) is 0.0222. The lowest BCUT2D eigenvalue weighted by molar-refractivity contribution is -0.161. The molecular weight excluding hydrogens is 946 g/mol. The smallest absolute Gasteiger partial charge is 0.462 e. The number of phosphoric acid groups is 2. The van der Waals surface area contributed by atoms with Crippen LogP contribution in [-0.4, -0.2) is 96.7 Å². The van der Waals surface area contributed by atoms with E-state index in [4.69, 9.17) is 37.0 Å². The van der Waals surface area contributed by atoms with Gasteiger partial charge in [-0.2, -0.15) is 0 Å². The first-order valence-corrected chi connectivity index (χ1v) is 30.1. The van der Waals surface area contributed by atoms with E-state index in [9.17, 15) is 43.2 Å². The summed E-state index contributed by atoms with van der Waals surface area (Å²) in [6.07, 6.45) is 25.0. The van der Waals surface area contributed by atoms with Crippen LogP contribution in [0.5, 0.6) is 0 Å². The molecular formula is C51H98O17P2. The lowest BCUT2D eigenvalue weighted by Gasteiger charge is -2.21. The first-order valence-electron chi connectivity index (χ1n) is 27.1. The van der Waals surface area contributed by atoms with E-state index in [1.165, 1.54) is 51.4 Å². The van der Waals surface area contributed by atoms with Crippen LogP contribution in [0.4, 0.5) is 0 Å². The molecule has 0 amide bonds. The van der Waals surface area contributed by atoms with Crippen LogP contribution in [0.15, 0.2) is 0 Å². The van der Waals surface area contributed by atoms with Crippen LogP contribution in [0.1, 0.15) is 240 Å². The second-order valence-electron chi connectivity index (χ2n) is 19.0. The van der Waals surface area contributed by atoms with E-state index in [1.807, 2.05) is 0 Å². The van der Waals surface area contributed by atoms with Crippen molar-refractivity contribution in [3.05, 3.63) is 0 Å². The number of ether oxygens (including phenoxy) is 4. The first-order chi connectivity index (χ1) is 33.5. The number of phosphoric ester groups is 2. The molecule has 0 radical (unpaired) electrons. The highest BCUT2D eigenvalue weighted by atomic mass is 31.2. The van der Waals surface area contributed by atoms with Gasteiger partial charge in [-0.25, -0.2) is 9.13 Å². The number of rotatable bonds is 51. The largest absolute Gasteiger partial charge is 0.472 e. The summed E-state index contributed by atoms with van der Waals surface area (Å²) in [6, 6.07) is 0. The zero-order valence-electron chi connectivity index (χ0n) is 44.1. The van der Waals surface area contributed by atoms with Gasteiger partial charge < -0.3 is 33.8 Å². The standard InChI is InChI=1S/C51H98O17P2/c1-6-9-12-23-29-34-48(53)61-40-46(67-50(55)36-31-25-14-11-8-3)42-65-69(57,58)63-38-45(52)39-64-70(59,60)66-43-47(41-62-49(54)35-30-24-13-10-7-2)68-51(56)37-32-27-22-20-18-16-15-17-19-21-26-28-33-44(4)5/h44-47,52H,6-43H2,1-5H3,(H,57,58)(H,59,60)/t45-,46+,47+/m0/s1. The predicted octanol–water partition coefficient (Wildman–Crippen LogP) is 12.7. The molecule has 0 aliphatic rings. The van der Waals surface area contributed by atoms with Crippen molar-refractivity contribution in [2.45, 2.75) is 258 Å². The Morgan fingerprint density at radius 3 is 0.971 bits per heavy atom. The van der Waals surface area contributed by atoms with Crippen molar-refractivity contribution in [1.82, 2.24) is 0 Å². The third-order valence-electron chi connectivity index (χ3n) is 11.5. The van der Waals surface area contributed by atoms with Gasteiger partial charge in [0.2, 0.25) is 0 Å². The highest BCUT2D eigenvalue weighted by molar-refractivity contribution is 7.47. The summed E-state index contributed by atoms with van der Waals surface area (Å²) in [5, 5.41) is 10.4. The summed E-state index contributed by atoms with van der Waals surface area (Å²) in [7, 11) is -9.83. The Morgan fingerprint density at radius 2 is 0.657 bits per heavy atom. The number of aliphatic hydroxyl groups excluding tert-OH is 1. The fourth-order valence-electron chi connectivity index (χ4n) is 7.28. The van der Waals surface area contributed by atoms with Crippen LogP contribution in [0, 0.1) is 5.92 Å². The maximum Gasteiger partial charge on any atom is 0.472 e. The second kappa shape index (κ2) is 45.7. The van der Waals surface area contributed by atoms with Gasteiger partial charge in [0.15, 0.2) is 12.2 Å². The normalized spacial score (nSPS) is 14.6. The number of hydrogen-bond acceptors (Lipinski definition) is 15. The third kappa shape index (κ3) is 45.9. The van der Waals surface area contributed by atoms with Crippen LogP contribution in [0.25, 0.3) is 0 Å². The van der Waals surface area contributed by atoms with Crippen LogP contribution in [0.2, 0.25) is 0 Å². The van der Waals surface area contributed by atoms with E-state index in [2.05, 4.69) is 34.6 Å². The Morgan fingerprint density at radius 1 is 0.386 bits per heavy atom. The number of carbonyl (C=O) groups is 4. The van der Waals surface area contributed by atoms with Crippen LogP contribution in [-0.2, 0) is 65.4 Å². The molecule has 17 nitrogen and oxygen atoms in total. The molecule has 0 aromatic carbocycles. The molecule has 0 fully saturated rings. The molecule has 0 aliphatic carbocycles. The zero-order valence-corrected chi connectivity index (χ0v) is 45.9. The lowest BCUT2D eigenvalue weighted by atomic mass is 10.0. The zero-order chi connectivity index (χ0) is 52.1. The molecule has 0 saturated heterocycles. The number of carbonyl (C=O) groups excluding carboxylic acids is 4.